The number of carboxylic acid groups (broad SMARTS) is 1. The van der Waals surface area contributed by atoms with Crippen molar-refractivity contribution < 1.29 is 37.7 Å². The third-order valence-electron chi connectivity index (χ3n) is 4.69. The molecule has 32 heavy (non-hydrogen) atoms. The van der Waals surface area contributed by atoms with Gasteiger partial charge in [-0.25, -0.2) is 13.2 Å². The second-order valence-electron chi connectivity index (χ2n) is 8.74. The van der Waals surface area contributed by atoms with Crippen LogP contribution in [0.25, 0.3) is 0 Å². The summed E-state index contributed by atoms with van der Waals surface area (Å²) in [7, 11) is -3.21. The molecule has 1 unspecified atom stereocenters. The van der Waals surface area contributed by atoms with E-state index >= 15 is 0 Å². The Morgan fingerprint density at radius 3 is 2.22 bits per heavy atom. The van der Waals surface area contributed by atoms with Crippen molar-refractivity contribution in [3.63, 3.8) is 0 Å². The largest absolute Gasteiger partial charge is 0.479 e. The van der Waals surface area contributed by atoms with Crippen LogP contribution in [0.4, 0.5) is 0 Å². The number of carbonyl (C=O) groups is 2. The van der Waals surface area contributed by atoms with Crippen molar-refractivity contribution in [2.24, 2.45) is 11.1 Å². The molecule has 0 spiro atoms. The molecule has 0 bridgehead atoms. The number of ether oxygens (including phenoxy) is 2. The molecule has 1 heterocycles. The highest BCUT2D eigenvalue weighted by Gasteiger charge is 2.45. The van der Waals surface area contributed by atoms with Gasteiger partial charge in [0, 0.05) is 18.2 Å². The van der Waals surface area contributed by atoms with Gasteiger partial charge >= 0.3 is 5.97 Å². The number of carbonyl (C=O) groups excluding carboxylic acids is 1. The standard InChI is InChI=1S/C12H18N2O4S.C9H16O4/c1-19(17,18)10-4-2-9(3-5-10)8-14-12(16)11(15)6-7-13;1-8(2)5-12-9(3,4)13-6(8)7(10)11/h2-5,11,15H,6-8,13H2,1H3,(H,14,16);6H,5H2,1-4H3,(H,10,11)/t;6-/m.0/s1. The number of nitrogens with two attached hydrogens (primary N) is 1. The number of rotatable bonds is 7. The highest BCUT2D eigenvalue weighted by Crippen LogP contribution is 2.34. The van der Waals surface area contributed by atoms with Gasteiger partial charge in [-0.2, -0.15) is 0 Å². The summed E-state index contributed by atoms with van der Waals surface area (Å²) in [4.78, 5) is 22.5. The van der Waals surface area contributed by atoms with Gasteiger partial charge in [-0.15, -0.1) is 0 Å². The fraction of sp³-hybridized carbons (Fsp3) is 0.619. The normalized spacial score (nSPS) is 20.4. The smallest absolute Gasteiger partial charge is 0.333 e. The first-order valence-corrected chi connectivity index (χ1v) is 12.0. The number of aliphatic hydroxyl groups excluding tert-OH is 1. The molecule has 5 N–H and O–H groups in total. The van der Waals surface area contributed by atoms with Gasteiger partial charge in [0.25, 0.3) is 0 Å². The summed E-state index contributed by atoms with van der Waals surface area (Å²) in [5.74, 6) is -2.21. The molecule has 0 aliphatic carbocycles. The lowest BCUT2D eigenvalue weighted by Gasteiger charge is -2.43. The Labute approximate surface area is 189 Å². The number of aliphatic carboxylic acids is 1. The molecule has 10 nitrogen and oxygen atoms in total. The first kappa shape index (κ1) is 28.0. The zero-order valence-electron chi connectivity index (χ0n) is 19.1. The first-order valence-electron chi connectivity index (χ1n) is 10.1. The molecule has 0 saturated carbocycles. The lowest BCUT2D eigenvalue weighted by molar-refractivity contribution is -0.307. The molecular formula is C21H34N2O8S. The van der Waals surface area contributed by atoms with Gasteiger partial charge in [-0.1, -0.05) is 26.0 Å². The number of benzene rings is 1. The number of aliphatic hydroxyl groups is 1. The van der Waals surface area contributed by atoms with Crippen LogP contribution in [0.5, 0.6) is 0 Å². The van der Waals surface area contributed by atoms with Crippen LogP contribution in [0, 0.1) is 5.41 Å². The maximum Gasteiger partial charge on any atom is 0.333 e. The van der Waals surface area contributed by atoms with E-state index in [0.717, 1.165) is 11.8 Å². The average Bonchev–Trinajstić information content (AvgIpc) is 2.68. The predicted molar refractivity (Wildman–Crippen MR) is 117 cm³/mol. The van der Waals surface area contributed by atoms with E-state index in [1.165, 1.54) is 12.1 Å². The number of amides is 1. The van der Waals surface area contributed by atoms with Crippen molar-refractivity contribution in [1.82, 2.24) is 5.32 Å². The van der Waals surface area contributed by atoms with Crippen LogP contribution in [0.3, 0.4) is 0 Å². The Hall–Kier alpha value is -2.05. The van der Waals surface area contributed by atoms with Crippen LogP contribution in [0.15, 0.2) is 29.2 Å². The number of hydrogen-bond donors (Lipinski definition) is 4. The van der Waals surface area contributed by atoms with E-state index in [1.807, 2.05) is 13.8 Å². The molecule has 182 valence electrons. The van der Waals surface area contributed by atoms with Gasteiger partial charge in [0.2, 0.25) is 5.91 Å². The second kappa shape index (κ2) is 11.2. The van der Waals surface area contributed by atoms with Crippen molar-refractivity contribution >= 4 is 21.7 Å². The van der Waals surface area contributed by atoms with Crippen molar-refractivity contribution in [1.29, 1.82) is 0 Å². The van der Waals surface area contributed by atoms with Crippen LogP contribution < -0.4 is 11.1 Å². The number of hydrogen-bond acceptors (Lipinski definition) is 8. The van der Waals surface area contributed by atoms with E-state index in [1.54, 1.807) is 26.0 Å². The molecule has 1 aliphatic rings. The molecule has 0 aromatic heterocycles. The van der Waals surface area contributed by atoms with Gasteiger partial charge in [0.15, 0.2) is 21.7 Å². The van der Waals surface area contributed by atoms with Crippen molar-refractivity contribution in [3.8, 4) is 0 Å². The van der Waals surface area contributed by atoms with Gasteiger partial charge in [0.1, 0.15) is 6.10 Å². The summed E-state index contributed by atoms with van der Waals surface area (Å²) in [5, 5.41) is 20.8. The Balaban J connectivity index is 0.000000343. The van der Waals surface area contributed by atoms with Gasteiger partial charge < -0.3 is 30.7 Å². The number of nitrogens with one attached hydrogen (secondary N) is 1. The van der Waals surface area contributed by atoms with E-state index in [2.05, 4.69) is 5.32 Å². The highest BCUT2D eigenvalue weighted by molar-refractivity contribution is 7.90. The molecule has 0 radical (unpaired) electrons. The van der Waals surface area contributed by atoms with Crippen LogP contribution in [-0.2, 0) is 35.4 Å². The number of sulfone groups is 1. The Bertz CT molecular complexity index is 882. The third kappa shape index (κ3) is 8.83. The van der Waals surface area contributed by atoms with E-state index in [9.17, 15) is 23.1 Å². The molecule has 1 fully saturated rings. The Morgan fingerprint density at radius 2 is 1.78 bits per heavy atom. The van der Waals surface area contributed by atoms with Crippen LogP contribution in [0.2, 0.25) is 0 Å². The zero-order chi connectivity index (χ0) is 24.7. The fourth-order valence-corrected chi connectivity index (χ4v) is 3.38. The van der Waals surface area contributed by atoms with Crippen LogP contribution in [0.1, 0.15) is 39.7 Å². The molecule has 1 aliphatic heterocycles. The van der Waals surface area contributed by atoms with Crippen molar-refractivity contribution in [2.45, 2.75) is 63.6 Å². The molecule has 1 amide bonds. The van der Waals surface area contributed by atoms with Crippen molar-refractivity contribution in [2.75, 3.05) is 19.4 Å². The Morgan fingerprint density at radius 1 is 1.22 bits per heavy atom. The lowest BCUT2D eigenvalue weighted by atomic mass is 9.86. The maximum absolute atomic E-state index is 11.4. The zero-order valence-corrected chi connectivity index (χ0v) is 19.9. The molecule has 1 aromatic carbocycles. The predicted octanol–water partition coefficient (Wildman–Crippen LogP) is 0.665. The minimum Gasteiger partial charge on any atom is -0.479 e. The first-order chi connectivity index (χ1) is 14.6. The summed E-state index contributed by atoms with van der Waals surface area (Å²) in [5.41, 5.74) is 5.51. The maximum atomic E-state index is 11.4. The fourth-order valence-electron chi connectivity index (χ4n) is 2.75. The van der Waals surface area contributed by atoms with Gasteiger partial charge in [0.05, 0.1) is 11.5 Å². The second-order valence-corrected chi connectivity index (χ2v) is 10.8. The lowest BCUT2D eigenvalue weighted by Crippen LogP contribution is -2.53. The quantitative estimate of drug-likeness (QED) is 0.444. The third-order valence-corrected chi connectivity index (χ3v) is 5.82. The SMILES string of the molecule is CC1(C)OCC(C)(C)[C@H](C(=O)O)O1.CS(=O)(=O)c1ccc(CNC(=O)C(O)CCN)cc1. The van der Waals surface area contributed by atoms with E-state index in [-0.39, 0.29) is 24.4 Å². The van der Waals surface area contributed by atoms with Crippen molar-refractivity contribution in [3.05, 3.63) is 29.8 Å². The van der Waals surface area contributed by atoms with Crippen LogP contribution in [-0.4, -0.2) is 67.9 Å². The van der Waals surface area contributed by atoms with E-state index < -0.39 is 45.1 Å². The highest BCUT2D eigenvalue weighted by atomic mass is 32.2. The summed E-state index contributed by atoms with van der Waals surface area (Å²) in [6.07, 6.45) is -0.567. The van der Waals surface area contributed by atoms with E-state index in [0.29, 0.717) is 6.61 Å². The number of carboxylic acids is 1. The van der Waals surface area contributed by atoms with Gasteiger partial charge in [-0.3, -0.25) is 4.79 Å². The molecule has 2 rings (SSSR count). The Kier molecular flexibility index (Phi) is 9.79. The minimum atomic E-state index is -3.21. The molecule has 11 heteroatoms. The molecule has 1 saturated heterocycles. The minimum absolute atomic E-state index is 0.207. The van der Waals surface area contributed by atoms with Gasteiger partial charge in [-0.05, 0) is 44.5 Å². The molecule has 1 aromatic rings. The summed E-state index contributed by atoms with van der Waals surface area (Å²) in [6.45, 7) is 7.94. The monoisotopic (exact) mass is 474 g/mol. The summed E-state index contributed by atoms with van der Waals surface area (Å²) >= 11 is 0. The summed E-state index contributed by atoms with van der Waals surface area (Å²) < 4.78 is 33.2. The van der Waals surface area contributed by atoms with Crippen LogP contribution >= 0.6 is 0 Å². The molecule has 2 atom stereocenters. The topological polar surface area (TPSA) is 165 Å². The average molecular weight is 475 g/mol. The molecular weight excluding hydrogens is 440 g/mol. The summed E-state index contributed by atoms with van der Waals surface area (Å²) in [6, 6.07) is 6.19. The van der Waals surface area contributed by atoms with E-state index in [4.69, 9.17) is 20.3 Å².